The van der Waals surface area contributed by atoms with E-state index in [1.165, 1.54) is 5.17 Å². The molecule has 4 heteroatoms. The highest BCUT2D eigenvalue weighted by atomic mass is 32.2. The first-order valence-corrected chi connectivity index (χ1v) is 5.06. The van der Waals surface area contributed by atoms with Gasteiger partial charge in [-0.2, -0.15) is 0 Å². The lowest BCUT2D eigenvalue weighted by Gasteiger charge is -2.08. The van der Waals surface area contributed by atoms with Crippen LogP contribution >= 0.6 is 11.8 Å². The van der Waals surface area contributed by atoms with Gasteiger partial charge in [0.25, 0.3) is 0 Å². The van der Waals surface area contributed by atoms with Crippen molar-refractivity contribution in [3.63, 3.8) is 0 Å². The third kappa shape index (κ3) is 5.43. The Morgan fingerprint density at radius 2 is 2.00 bits per heavy atom. The molecule has 3 nitrogen and oxygen atoms in total. The van der Waals surface area contributed by atoms with E-state index in [-0.39, 0.29) is 0 Å². The first kappa shape index (κ1) is 11.8. The Morgan fingerprint density at radius 1 is 1.42 bits per heavy atom. The monoisotopic (exact) mass is 190 g/mol. The number of hydrogen-bond donors (Lipinski definition) is 1. The summed E-state index contributed by atoms with van der Waals surface area (Å²) in [5.74, 6) is 1.13. The maximum absolute atomic E-state index is 3.16. The Balaban J connectivity index is 3.68. The lowest BCUT2D eigenvalue weighted by atomic mass is 10.7. The molecule has 0 radical (unpaired) electrons. The molecule has 0 atom stereocenters. The molecule has 0 saturated heterocycles. The Hall–Kier alpha value is -0.220. The van der Waals surface area contributed by atoms with Crippen LogP contribution in [0.5, 0.6) is 0 Å². The lowest BCUT2D eigenvalue weighted by Crippen LogP contribution is -2.26. The standard InChI is InChI=1S/C8H19N3S/c1-9-8(11(4)5)12-7-6-10(2)3/h6-7H2,1-5H3/p+1. The maximum atomic E-state index is 3.16. The van der Waals surface area contributed by atoms with Gasteiger partial charge >= 0.3 is 5.17 Å². The molecule has 0 aromatic rings. The number of thioether (sulfide) groups is 1. The van der Waals surface area contributed by atoms with Gasteiger partial charge in [-0.15, -0.1) is 0 Å². The Labute approximate surface area is 79.8 Å². The van der Waals surface area contributed by atoms with E-state index < -0.39 is 0 Å². The first-order valence-electron chi connectivity index (χ1n) is 4.07. The third-order valence-electron chi connectivity index (χ3n) is 1.40. The van der Waals surface area contributed by atoms with Crippen molar-refractivity contribution >= 4 is 16.9 Å². The molecule has 0 aliphatic rings. The van der Waals surface area contributed by atoms with E-state index in [0.29, 0.717) is 0 Å². The van der Waals surface area contributed by atoms with Crippen molar-refractivity contribution in [2.45, 2.75) is 0 Å². The van der Waals surface area contributed by atoms with Gasteiger partial charge in [0.15, 0.2) is 0 Å². The quantitative estimate of drug-likeness (QED) is 0.388. The summed E-state index contributed by atoms with van der Waals surface area (Å²) >= 11 is 1.85. The molecule has 1 N–H and O–H groups in total. The van der Waals surface area contributed by atoms with E-state index in [4.69, 9.17) is 0 Å². The highest BCUT2D eigenvalue weighted by Gasteiger charge is 2.04. The van der Waals surface area contributed by atoms with Gasteiger partial charge in [-0.3, -0.25) is 9.89 Å². The fourth-order valence-corrected chi connectivity index (χ4v) is 1.80. The van der Waals surface area contributed by atoms with Crippen LogP contribution in [0.1, 0.15) is 0 Å². The van der Waals surface area contributed by atoms with Crippen molar-refractivity contribution in [3.05, 3.63) is 0 Å². The number of hydrogen-bond acceptors (Lipinski definition) is 2. The van der Waals surface area contributed by atoms with E-state index in [1.54, 1.807) is 0 Å². The summed E-state index contributed by atoms with van der Waals surface area (Å²) in [6, 6.07) is 0. The van der Waals surface area contributed by atoms with Gasteiger partial charge in [-0.25, -0.2) is 0 Å². The van der Waals surface area contributed by atoms with Gasteiger partial charge in [-0.1, -0.05) is 0 Å². The predicted octanol–water partition coefficient (Wildman–Crippen LogP) is 0.129. The highest BCUT2D eigenvalue weighted by Crippen LogP contribution is 1.99. The maximum Gasteiger partial charge on any atom is 0.305 e. The van der Waals surface area contributed by atoms with Crippen LogP contribution in [0.3, 0.4) is 0 Å². The Kier molecular flexibility index (Phi) is 6.20. The third-order valence-corrected chi connectivity index (χ3v) is 2.63. The minimum Gasteiger partial charge on any atom is -0.309 e. The summed E-state index contributed by atoms with van der Waals surface area (Å²) in [5.41, 5.74) is 0. The zero-order valence-corrected chi connectivity index (χ0v) is 9.53. The summed E-state index contributed by atoms with van der Waals surface area (Å²) in [6.07, 6.45) is 0. The van der Waals surface area contributed by atoms with Crippen molar-refractivity contribution < 1.29 is 4.58 Å². The largest absolute Gasteiger partial charge is 0.309 e. The van der Waals surface area contributed by atoms with Crippen molar-refractivity contribution in [1.29, 1.82) is 0 Å². The van der Waals surface area contributed by atoms with Gasteiger partial charge < -0.3 is 4.90 Å². The van der Waals surface area contributed by atoms with Crippen molar-refractivity contribution in [3.8, 4) is 0 Å². The molecule has 0 bridgehead atoms. The van der Waals surface area contributed by atoms with Crippen LogP contribution in [0, 0.1) is 0 Å². The topological polar surface area (TPSA) is 18.3 Å². The number of amidine groups is 1. The average Bonchev–Trinajstić information content (AvgIpc) is 1.96. The number of rotatable bonds is 3. The van der Waals surface area contributed by atoms with Crippen molar-refractivity contribution in [1.82, 2.24) is 10.2 Å². The molecule has 0 aliphatic heterocycles. The van der Waals surface area contributed by atoms with Crippen LogP contribution in [-0.2, 0) is 0 Å². The zero-order chi connectivity index (χ0) is 9.56. The van der Waals surface area contributed by atoms with Crippen molar-refractivity contribution in [2.24, 2.45) is 0 Å². The normalized spacial score (nSPS) is 10.2. The molecule has 0 heterocycles. The summed E-state index contributed by atoms with van der Waals surface area (Å²) in [5, 5.41) is 4.38. The second-order valence-corrected chi connectivity index (χ2v) is 4.18. The summed E-state index contributed by atoms with van der Waals surface area (Å²) in [6.45, 7) is 1.11. The zero-order valence-electron chi connectivity index (χ0n) is 8.72. The summed E-state index contributed by atoms with van der Waals surface area (Å²) < 4.78 is 2.10. The molecule has 0 saturated carbocycles. The van der Waals surface area contributed by atoms with Crippen LogP contribution in [0.15, 0.2) is 0 Å². The molecule has 0 rings (SSSR count). The van der Waals surface area contributed by atoms with Crippen LogP contribution in [-0.4, -0.2) is 62.2 Å². The average molecular weight is 190 g/mol. The van der Waals surface area contributed by atoms with Gasteiger partial charge in [0, 0.05) is 12.3 Å². The van der Waals surface area contributed by atoms with Gasteiger partial charge in [0.05, 0.1) is 21.1 Å². The van der Waals surface area contributed by atoms with E-state index in [9.17, 15) is 0 Å². The predicted molar refractivity (Wildman–Crippen MR) is 57.2 cm³/mol. The Bertz CT molecular complexity index is 150. The molecule has 0 aliphatic carbocycles. The highest BCUT2D eigenvalue weighted by molar-refractivity contribution is 8.13. The summed E-state index contributed by atoms with van der Waals surface area (Å²) in [4.78, 5) is 2.19. The van der Waals surface area contributed by atoms with E-state index in [1.807, 2.05) is 18.8 Å². The fourth-order valence-electron chi connectivity index (χ4n) is 0.750. The molecule has 12 heavy (non-hydrogen) atoms. The molecule has 0 aromatic carbocycles. The second kappa shape index (κ2) is 6.31. The SMILES string of the molecule is CNC(SCCN(C)C)=[N+](C)C. The lowest BCUT2D eigenvalue weighted by molar-refractivity contribution is -0.463. The Morgan fingerprint density at radius 3 is 2.33 bits per heavy atom. The minimum atomic E-state index is 1.11. The molecular formula is C8H20N3S+. The van der Waals surface area contributed by atoms with E-state index in [0.717, 1.165) is 12.3 Å². The van der Waals surface area contributed by atoms with Gasteiger partial charge in [0.2, 0.25) is 0 Å². The smallest absolute Gasteiger partial charge is 0.305 e. The van der Waals surface area contributed by atoms with E-state index in [2.05, 4.69) is 43.0 Å². The second-order valence-electron chi connectivity index (χ2n) is 3.10. The number of nitrogens with one attached hydrogen (secondary N) is 1. The molecule has 0 amide bonds. The molecule has 0 fully saturated rings. The van der Waals surface area contributed by atoms with Crippen LogP contribution in [0.4, 0.5) is 0 Å². The van der Waals surface area contributed by atoms with Crippen LogP contribution in [0.2, 0.25) is 0 Å². The summed E-state index contributed by atoms with van der Waals surface area (Å²) in [7, 11) is 10.2. The van der Waals surface area contributed by atoms with Crippen molar-refractivity contribution in [2.75, 3.05) is 47.5 Å². The fraction of sp³-hybridized carbons (Fsp3) is 0.875. The van der Waals surface area contributed by atoms with Crippen LogP contribution < -0.4 is 5.32 Å². The van der Waals surface area contributed by atoms with Gasteiger partial charge in [-0.05, 0) is 25.9 Å². The van der Waals surface area contributed by atoms with Crippen LogP contribution in [0.25, 0.3) is 0 Å². The molecular weight excluding hydrogens is 170 g/mol. The first-order chi connectivity index (χ1) is 5.57. The van der Waals surface area contributed by atoms with Gasteiger partial charge in [0.1, 0.15) is 0 Å². The molecule has 0 spiro atoms. The molecule has 0 unspecified atom stereocenters. The number of nitrogens with zero attached hydrogens (tertiary/aromatic N) is 2. The minimum absolute atomic E-state index is 1.11. The molecule has 0 aromatic heterocycles. The molecule has 72 valence electrons. The van der Waals surface area contributed by atoms with E-state index >= 15 is 0 Å².